The Morgan fingerprint density at radius 2 is 1.00 bits per heavy atom. The van der Waals surface area contributed by atoms with Crippen LogP contribution in [0.3, 0.4) is 0 Å². The molecular weight excluding hydrogens is 703 g/mol. The van der Waals surface area contributed by atoms with Crippen LogP contribution in [-0.4, -0.2) is 66.3 Å². The van der Waals surface area contributed by atoms with Crippen molar-refractivity contribution in [1.82, 2.24) is 0 Å². The molecule has 0 fully saturated rings. The number of aliphatic hydroxyl groups excluding tert-OH is 2. The Balaban J connectivity index is 4.18. The van der Waals surface area contributed by atoms with Crippen LogP contribution in [0.25, 0.3) is 0 Å². The third-order valence-corrected chi connectivity index (χ3v) is 10.2. The number of carbonyl (C=O) groups excluding carboxylic acids is 1. The van der Waals surface area contributed by atoms with E-state index < -0.39 is 39.2 Å². The molecule has 9 nitrogen and oxygen atoms in total. The number of allylic oxidation sites excluding steroid dienone is 6. The maximum atomic E-state index is 12.6. The molecule has 3 atom stereocenters. The van der Waals surface area contributed by atoms with Crippen molar-refractivity contribution in [2.24, 2.45) is 0 Å². The lowest BCUT2D eigenvalue weighted by Gasteiger charge is -2.20. The summed E-state index contributed by atoms with van der Waals surface area (Å²) in [7, 11) is -4.52. The third kappa shape index (κ3) is 40.3. The summed E-state index contributed by atoms with van der Waals surface area (Å²) in [5.74, 6) is -0.393. The quantitative estimate of drug-likeness (QED) is 0.0239. The number of rotatable bonds is 42. The minimum atomic E-state index is -4.52. The first kappa shape index (κ1) is 52.7. The van der Waals surface area contributed by atoms with Crippen LogP contribution in [0.15, 0.2) is 36.5 Å². The lowest BCUT2D eigenvalue weighted by Crippen LogP contribution is -2.29. The monoisotopic (exact) mass is 787 g/mol. The highest BCUT2D eigenvalue weighted by Crippen LogP contribution is 2.43. The maximum Gasteiger partial charge on any atom is 0.472 e. The third-order valence-electron chi connectivity index (χ3n) is 9.30. The Hall–Kier alpha value is -1.32. The number of unbranched alkanes of at least 4 members (excludes halogenated alkanes) is 22. The van der Waals surface area contributed by atoms with E-state index in [4.69, 9.17) is 23.6 Å². The van der Waals surface area contributed by atoms with Crippen LogP contribution in [-0.2, 0) is 27.9 Å². The topological polar surface area (TPSA) is 132 Å². The summed E-state index contributed by atoms with van der Waals surface area (Å²) in [6.07, 6.45) is 43.8. The van der Waals surface area contributed by atoms with Gasteiger partial charge in [-0.25, -0.2) is 4.57 Å². The van der Waals surface area contributed by atoms with Crippen molar-refractivity contribution in [3.05, 3.63) is 36.5 Å². The fraction of sp³-hybridized carbons (Fsp3) is 0.841. The van der Waals surface area contributed by atoms with Gasteiger partial charge in [-0.05, 0) is 70.6 Å². The molecule has 0 spiro atoms. The van der Waals surface area contributed by atoms with Crippen molar-refractivity contribution >= 4 is 13.8 Å². The molecule has 0 aliphatic carbocycles. The summed E-state index contributed by atoms with van der Waals surface area (Å²) >= 11 is 0. The highest BCUT2D eigenvalue weighted by molar-refractivity contribution is 7.47. The summed E-state index contributed by atoms with van der Waals surface area (Å²) in [6.45, 7) is 3.47. The molecular formula is C44H83O9P. The Labute approximate surface area is 331 Å². The SMILES string of the molecule is CCCCC/C=C\C/C=C\CCCCCCCCCCOCC(COP(=O)(O)OCC(O)CO)OC(=O)CCCCCCC/C=C\CCCCCCCC. The fourth-order valence-corrected chi connectivity index (χ4v) is 6.70. The molecule has 0 radical (unpaired) electrons. The van der Waals surface area contributed by atoms with Crippen molar-refractivity contribution in [2.75, 3.05) is 33.0 Å². The van der Waals surface area contributed by atoms with E-state index in [1.165, 1.54) is 103 Å². The molecule has 318 valence electrons. The normalized spacial score (nSPS) is 14.4. The van der Waals surface area contributed by atoms with Crippen molar-refractivity contribution < 1.29 is 43.0 Å². The average molecular weight is 787 g/mol. The first-order chi connectivity index (χ1) is 26.3. The van der Waals surface area contributed by atoms with Crippen molar-refractivity contribution in [3.8, 4) is 0 Å². The van der Waals surface area contributed by atoms with Crippen LogP contribution in [0.5, 0.6) is 0 Å². The van der Waals surface area contributed by atoms with E-state index in [0.29, 0.717) is 6.61 Å². The summed E-state index contributed by atoms with van der Waals surface area (Å²) in [5.41, 5.74) is 0. The average Bonchev–Trinajstić information content (AvgIpc) is 3.16. The lowest BCUT2D eigenvalue weighted by molar-refractivity contribution is -0.154. The number of phosphoric acid groups is 1. The van der Waals surface area contributed by atoms with Crippen LogP contribution < -0.4 is 0 Å². The van der Waals surface area contributed by atoms with Gasteiger partial charge >= 0.3 is 13.8 Å². The second-order valence-electron chi connectivity index (χ2n) is 14.7. The molecule has 3 N–H and O–H groups in total. The van der Waals surface area contributed by atoms with Crippen LogP contribution >= 0.6 is 7.82 Å². The molecule has 0 bridgehead atoms. The summed E-state index contributed by atoms with van der Waals surface area (Å²) < 4.78 is 33.4. The van der Waals surface area contributed by atoms with Gasteiger partial charge in [0, 0.05) is 13.0 Å². The van der Waals surface area contributed by atoms with Gasteiger partial charge in [0.25, 0.3) is 0 Å². The molecule has 3 unspecified atom stereocenters. The second kappa shape index (κ2) is 41.3. The molecule has 0 heterocycles. The summed E-state index contributed by atoms with van der Waals surface area (Å²) in [4.78, 5) is 22.6. The minimum absolute atomic E-state index is 0.0427. The van der Waals surface area contributed by atoms with Gasteiger partial charge in [0.2, 0.25) is 0 Å². The number of hydrogen-bond donors (Lipinski definition) is 3. The molecule has 0 amide bonds. The van der Waals surface area contributed by atoms with Crippen molar-refractivity contribution in [3.63, 3.8) is 0 Å². The molecule has 0 rings (SSSR count). The lowest BCUT2D eigenvalue weighted by atomic mass is 10.1. The zero-order chi connectivity index (χ0) is 39.6. The zero-order valence-corrected chi connectivity index (χ0v) is 35.6. The molecule has 10 heteroatoms. The Morgan fingerprint density at radius 3 is 1.54 bits per heavy atom. The van der Waals surface area contributed by atoms with E-state index in [1.807, 2.05) is 0 Å². The molecule has 0 aromatic rings. The van der Waals surface area contributed by atoms with Gasteiger partial charge in [-0.3, -0.25) is 13.8 Å². The van der Waals surface area contributed by atoms with E-state index in [1.54, 1.807) is 0 Å². The second-order valence-corrected chi connectivity index (χ2v) is 16.2. The Kier molecular flexibility index (Phi) is 40.3. The zero-order valence-electron chi connectivity index (χ0n) is 34.7. The van der Waals surface area contributed by atoms with E-state index >= 15 is 0 Å². The summed E-state index contributed by atoms with van der Waals surface area (Å²) in [5, 5.41) is 18.3. The highest BCUT2D eigenvalue weighted by Gasteiger charge is 2.26. The standard InChI is InChI=1S/C44H83O9P/c1-3-5-7-9-11-13-15-17-19-20-21-23-25-27-29-31-33-35-37-50-40-43(41-52-54(48,49)51-39-42(46)38-45)53-44(47)36-34-32-30-28-26-24-22-18-16-14-12-10-8-6-4-2/h11,13,17-19,22,42-43,45-46H,3-10,12,14-16,20-21,23-41H2,1-2H3,(H,48,49)/b13-11-,19-17-,22-18-. The molecule has 0 saturated carbocycles. The number of carbonyl (C=O) groups is 1. The first-order valence-electron chi connectivity index (χ1n) is 22.0. The van der Waals surface area contributed by atoms with Gasteiger partial charge in [0.1, 0.15) is 12.2 Å². The number of hydrogen-bond acceptors (Lipinski definition) is 8. The summed E-state index contributed by atoms with van der Waals surface area (Å²) in [6, 6.07) is 0. The van der Waals surface area contributed by atoms with E-state index in [2.05, 4.69) is 50.3 Å². The minimum Gasteiger partial charge on any atom is -0.457 e. The number of phosphoric ester groups is 1. The molecule has 0 aromatic heterocycles. The Morgan fingerprint density at radius 1 is 0.574 bits per heavy atom. The van der Waals surface area contributed by atoms with Crippen LogP contribution in [0.2, 0.25) is 0 Å². The van der Waals surface area contributed by atoms with E-state index in [-0.39, 0.29) is 19.6 Å². The molecule has 0 aliphatic heterocycles. The molecule has 0 aliphatic rings. The maximum absolute atomic E-state index is 12.6. The van der Waals surface area contributed by atoms with Crippen molar-refractivity contribution in [1.29, 1.82) is 0 Å². The highest BCUT2D eigenvalue weighted by atomic mass is 31.2. The number of ether oxygens (including phenoxy) is 2. The van der Waals surface area contributed by atoms with Gasteiger partial charge in [-0.2, -0.15) is 0 Å². The predicted molar refractivity (Wildman–Crippen MR) is 224 cm³/mol. The van der Waals surface area contributed by atoms with E-state index in [0.717, 1.165) is 70.6 Å². The van der Waals surface area contributed by atoms with Crippen LogP contribution in [0, 0.1) is 0 Å². The van der Waals surface area contributed by atoms with Gasteiger partial charge < -0.3 is 24.6 Å². The Bertz CT molecular complexity index is 939. The largest absolute Gasteiger partial charge is 0.472 e. The molecule has 0 aromatic carbocycles. The fourth-order valence-electron chi connectivity index (χ4n) is 5.91. The van der Waals surface area contributed by atoms with Crippen LogP contribution in [0.4, 0.5) is 0 Å². The van der Waals surface area contributed by atoms with Gasteiger partial charge in [-0.15, -0.1) is 0 Å². The van der Waals surface area contributed by atoms with Gasteiger partial charge in [0.05, 0.1) is 26.4 Å². The first-order valence-corrected chi connectivity index (χ1v) is 23.5. The predicted octanol–water partition coefficient (Wildman–Crippen LogP) is 12.0. The number of esters is 1. The van der Waals surface area contributed by atoms with Crippen molar-refractivity contribution in [2.45, 2.75) is 206 Å². The smallest absolute Gasteiger partial charge is 0.457 e. The molecule has 0 saturated heterocycles. The molecule has 54 heavy (non-hydrogen) atoms. The van der Waals surface area contributed by atoms with Gasteiger partial charge in [-0.1, -0.05) is 153 Å². The number of aliphatic hydroxyl groups is 2. The van der Waals surface area contributed by atoms with Gasteiger partial charge in [0.15, 0.2) is 0 Å². The van der Waals surface area contributed by atoms with Crippen LogP contribution in [0.1, 0.15) is 194 Å². The van der Waals surface area contributed by atoms with E-state index in [9.17, 15) is 19.4 Å².